The standard InChI is InChI=1S/C15H16Cl2N2O6/c1-2-10(19(23)24)7-9-3-4-11(15(17)14(9)16)25-6-5-12(20)18-8-13(21)22/h3-4,7H,2,5-6,8H2,1H3,(H,18,20)(H,21,22). The maximum atomic E-state index is 11.4. The average molecular weight is 391 g/mol. The largest absolute Gasteiger partial charge is 0.491 e. The molecule has 8 nitrogen and oxygen atoms in total. The summed E-state index contributed by atoms with van der Waals surface area (Å²) >= 11 is 12.2. The van der Waals surface area contributed by atoms with E-state index in [-0.39, 0.29) is 40.9 Å². The minimum absolute atomic E-state index is 0.0123. The van der Waals surface area contributed by atoms with E-state index in [1.165, 1.54) is 18.2 Å². The number of halogens is 2. The molecular formula is C15H16Cl2N2O6. The van der Waals surface area contributed by atoms with Crippen molar-refractivity contribution >= 4 is 41.2 Å². The van der Waals surface area contributed by atoms with Crippen LogP contribution < -0.4 is 10.1 Å². The highest BCUT2D eigenvalue weighted by atomic mass is 35.5. The van der Waals surface area contributed by atoms with Crippen LogP contribution in [0.5, 0.6) is 5.75 Å². The first-order valence-corrected chi connectivity index (χ1v) is 7.96. The summed E-state index contributed by atoms with van der Waals surface area (Å²) in [5.41, 5.74) is 0.369. The van der Waals surface area contributed by atoms with Gasteiger partial charge in [0.1, 0.15) is 17.3 Å². The van der Waals surface area contributed by atoms with E-state index >= 15 is 0 Å². The van der Waals surface area contributed by atoms with Crippen molar-refractivity contribution in [1.82, 2.24) is 5.32 Å². The number of rotatable bonds is 9. The van der Waals surface area contributed by atoms with Crippen LogP contribution in [0.1, 0.15) is 25.3 Å². The molecule has 1 amide bonds. The lowest BCUT2D eigenvalue weighted by Crippen LogP contribution is -2.30. The molecule has 0 aliphatic rings. The van der Waals surface area contributed by atoms with Gasteiger partial charge in [-0.15, -0.1) is 0 Å². The summed E-state index contributed by atoms with van der Waals surface area (Å²) in [4.78, 5) is 32.1. The van der Waals surface area contributed by atoms with Gasteiger partial charge >= 0.3 is 5.97 Å². The summed E-state index contributed by atoms with van der Waals surface area (Å²) in [6.07, 6.45) is 1.49. The minimum Gasteiger partial charge on any atom is -0.491 e. The SMILES string of the molecule is CCC(=Cc1ccc(OCCC(=O)NCC(=O)O)c(Cl)c1Cl)[N+](=O)[O-]. The Labute approximate surface area is 153 Å². The molecular weight excluding hydrogens is 375 g/mol. The number of nitrogens with zero attached hydrogens (tertiary/aromatic N) is 1. The van der Waals surface area contributed by atoms with Gasteiger partial charge in [0.05, 0.1) is 23.0 Å². The molecule has 136 valence electrons. The van der Waals surface area contributed by atoms with Crippen LogP contribution in [0.4, 0.5) is 0 Å². The molecule has 2 N–H and O–H groups in total. The fourth-order valence-corrected chi connectivity index (χ4v) is 2.19. The van der Waals surface area contributed by atoms with Crippen molar-refractivity contribution in [2.24, 2.45) is 0 Å². The first-order chi connectivity index (χ1) is 11.8. The number of carbonyl (C=O) groups is 2. The first-order valence-electron chi connectivity index (χ1n) is 7.20. The Morgan fingerprint density at radius 3 is 2.60 bits per heavy atom. The predicted octanol–water partition coefficient (Wildman–Crippen LogP) is 2.99. The highest BCUT2D eigenvalue weighted by Gasteiger charge is 2.14. The van der Waals surface area contributed by atoms with Gasteiger partial charge in [-0.1, -0.05) is 30.1 Å². The van der Waals surface area contributed by atoms with Gasteiger partial charge in [-0.3, -0.25) is 19.7 Å². The zero-order valence-corrected chi connectivity index (χ0v) is 14.8. The van der Waals surface area contributed by atoms with E-state index in [1.807, 2.05) is 0 Å². The van der Waals surface area contributed by atoms with Crippen molar-refractivity contribution in [1.29, 1.82) is 0 Å². The van der Waals surface area contributed by atoms with Gasteiger partial charge in [-0.05, 0) is 12.1 Å². The Hall–Kier alpha value is -2.32. The minimum atomic E-state index is -1.14. The Morgan fingerprint density at radius 2 is 2.04 bits per heavy atom. The number of hydrogen-bond acceptors (Lipinski definition) is 5. The molecule has 0 radical (unpaired) electrons. The molecule has 10 heteroatoms. The summed E-state index contributed by atoms with van der Waals surface area (Å²) in [6.45, 7) is 1.14. The van der Waals surface area contributed by atoms with Crippen molar-refractivity contribution in [2.45, 2.75) is 19.8 Å². The number of allylic oxidation sites excluding steroid dienone is 1. The lowest BCUT2D eigenvalue weighted by atomic mass is 10.1. The van der Waals surface area contributed by atoms with E-state index in [0.717, 1.165) is 0 Å². The van der Waals surface area contributed by atoms with Crippen molar-refractivity contribution in [3.63, 3.8) is 0 Å². The van der Waals surface area contributed by atoms with Gasteiger partial charge in [0.2, 0.25) is 11.6 Å². The lowest BCUT2D eigenvalue weighted by molar-refractivity contribution is -0.425. The Kier molecular flexibility index (Phi) is 8.17. The van der Waals surface area contributed by atoms with Crippen molar-refractivity contribution in [3.05, 3.63) is 43.6 Å². The summed E-state index contributed by atoms with van der Waals surface area (Å²) in [6, 6.07) is 3.01. The number of ether oxygens (including phenoxy) is 1. The van der Waals surface area contributed by atoms with Gasteiger partial charge in [-0.2, -0.15) is 0 Å². The van der Waals surface area contributed by atoms with Gasteiger partial charge in [0, 0.05) is 18.1 Å². The number of hydrogen-bond donors (Lipinski definition) is 2. The molecule has 0 saturated carbocycles. The molecule has 1 rings (SSSR count). The van der Waals surface area contributed by atoms with Gasteiger partial charge in [0.25, 0.3) is 0 Å². The number of benzene rings is 1. The monoisotopic (exact) mass is 390 g/mol. The van der Waals surface area contributed by atoms with Crippen LogP contribution in [-0.2, 0) is 9.59 Å². The zero-order chi connectivity index (χ0) is 19.0. The summed E-state index contributed by atoms with van der Waals surface area (Å²) in [5.74, 6) is -1.41. The average Bonchev–Trinajstić information content (AvgIpc) is 2.55. The molecule has 0 atom stereocenters. The number of nitro groups is 1. The Morgan fingerprint density at radius 1 is 1.36 bits per heavy atom. The number of aliphatic carboxylic acids is 1. The molecule has 1 aromatic rings. The normalized spacial score (nSPS) is 11.1. The number of carboxylic acids is 1. The van der Waals surface area contributed by atoms with Crippen molar-refractivity contribution in [2.75, 3.05) is 13.2 Å². The molecule has 0 unspecified atom stereocenters. The highest BCUT2D eigenvalue weighted by Crippen LogP contribution is 2.36. The van der Waals surface area contributed by atoms with E-state index in [1.54, 1.807) is 6.92 Å². The van der Waals surface area contributed by atoms with Crippen LogP contribution >= 0.6 is 23.2 Å². The Balaban J connectivity index is 2.75. The van der Waals surface area contributed by atoms with Crippen LogP contribution in [0.25, 0.3) is 6.08 Å². The molecule has 0 fully saturated rings. The van der Waals surface area contributed by atoms with Crippen LogP contribution in [0.15, 0.2) is 17.8 Å². The topological polar surface area (TPSA) is 119 Å². The maximum Gasteiger partial charge on any atom is 0.322 e. The quantitative estimate of drug-likeness (QED) is 0.494. The van der Waals surface area contributed by atoms with E-state index < -0.39 is 23.3 Å². The zero-order valence-electron chi connectivity index (χ0n) is 13.3. The molecule has 0 bridgehead atoms. The van der Waals surface area contributed by atoms with Crippen molar-refractivity contribution in [3.8, 4) is 5.75 Å². The van der Waals surface area contributed by atoms with Crippen LogP contribution in [0.3, 0.4) is 0 Å². The summed E-state index contributed by atoms with van der Waals surface area (Å²) in [7, 11) is 0. The molecule has 1 aromatic carbocycles. The summed E-state index contributed by atoms with van der Waals surface area (Å²) in [5, 5.41) is 21.7. The number of carboxylic acid groups (broad SMARTS) is 1. The number of carbonyl (C=O) groups excluding carboxylic acids is 1. The second kappa shape index (κ2) is 9.85. The second-order valence-electron chi connectivity index (χ2n) is 4.80. The number of amides is 1. The third-order valence-electron chi connectivity index (χ3n) is 3.02. The molecule has 0 aliphatic carbocycles. The van der Waals surface area contributed by atoms with Crippen LogP contribution in [0, 0.1) is 10.1 Å². The van der Waals surface area contributed by atoms with Crippen molar-refractivity contribution < 1.29 is 24.4 Å². The predicted molar refractivity (Wildman–Crippen MR) is 92.5 cm³/mol. The van der Waals surface area contributed by atoms with E-state index in [4.69, 9.17) is 33.0 Å². The highest BCUT2D eigenvalue weighted by molar-refractivity contribution is 6.43. The third kappa shape index (κ3) is 6.60. The molecule has 0 saturated heterocycles. The third-order valence-corrected chi connectivity index (χ3v) is 3.90. The van der Waals surface area contributed by atoms with E-state index in [9.17, 15) is 19.7 Å². The van der Waals surface area contributed by atoms with E-state index in [0.29, 0.717) is 5.56 Å². The molecule has 0 aromatic heterocycles. The smallest absolute Gasteiger partial charge is 0.322 e. The van der Waals surface area contributed by atoms with E-state index in [2.05, 4.69) is 5.32 Å². The van der Waals surface area contributed by atoms with Gasteiger partial charge < -0.3 is 15.2 Å². The maximum absolute atomic E-state index is 11.4. The molecule has 0 spiro atoms. The Bertz CT molecular complexity index is 706. The lowest BCUT2D eigenvalue weighted by Gasteiger charge is -2.10. The van der Waals surface area contributed by atoms with Gasteiger partial charge in [0.15, 0.2) is 0 Å². The van der Waals surface area contributed by atoms with Crippen LogP contribution in [-0.4, -0.2) is 35.1 Å². The second-order valence-corrected chi connectivity index (χ2v) is 5.55. The number of nitrogens with one attached hydrogen (secondary N) is 1. The molecule has 0 heterocycles. The fraction of sp³-hybridized carbons (Fsp3) is 0.333. The molecule has 25 heavy (non-hydrogen) atoms. The van der Waals surface area contributed by atoms with Crippen LogP contribution in [0.2, 0.25) is 10.0 Å². The van der Waals surface area contributed by atoms with Gasteiger partial charge in [-0.25, -0.2) is 0 Å². The summed E-state index contributed by atoms with van der Waals surface area (Å²) < 4.78 is 5.35. The fourth-order valence-electron chi connectivity index (χ4n) is 1.75. The first kappa shape index (κ1) is 20.7. The molecule has 0 aliphatic heterocycles.